The van der Waals surface area contributed by atoms with Gasteiger partial charge in [0.1, 0.15) is 12.4 Å². The van der Waals surface area contributed by atoms with E-state index in [4.69, 9.17) is 4.74 Å². The van der Waals surface area contributed by atoms with Crippen molar-refractivity contribution >= 4 is 11.8 Å². The first-order valence-corrected chi connectivity index (χ1v) is 9.50. The zero-order valence-corrected chi connectivity index (χ0v) is 15.1. The molecule has 2 aliphatic rings. The molecule has 0 bridgehead atoms. The van der Waals surface area contributed by atoms with Crippen molar-refractivity contribution in [1.82, 2.24) is 9.80 Å². The number of amides is 2. The van der Waals surface area contributed by atoms with Gasteiger partial charge in [0.2, 0.25) is 5.91 Å². The summed E-state index contributed by atoms with van der Waals surface area (Å²) in [4.78, 5) is 28.4. The van der Waals surface area contributed by atoms with Gasteiger partial charge in [-0.3, -0.25) is 9.59 Å². The monoisotopic (exact) mass is 344 g/mol. The van der Waals surface area contributed by atoms with E-state index in [1.807, 2.05) is 41.0 Å². The van der Waals surface area contributed by atoms with E-state index in [9.17, 15) is 9.59 Å². The highest BCUT2D eigenvalue weighted by Gasteiger charge is 2.28. The minimum Gasteiger partial charge on any atom is -0.491 e. The van der Waals surface area contributed by atoms with Crippen LogP contribution in [-0.4, -0.2) is 53.9 Å². The molecule has 5 heteroatoms. The maximum absolute atomic E-state index is 12.3. The predicted molar refractivity (Wildman–Crippen MR) is 96.7 cm³/mol. The first kappa shape index (κ1) is 17.8. The third-order valence-electron chi connectivity index (χ3n) is 5.10. The first-order chi connectivity index (χ1) is 12.2. The standard InChI is InChI=1S/C20H28N2O3/c1-2-6-19(23)22-14-5-7-17(22)15-25-18-10-8-16(9-11-18)20(24)21-12-3-4-13-21/h8-11,17H,2-7,12-15H2,1H3/t17-/m1/s1. The maximum atomic E-state index is 12.3. The summed E-state index contributed by atoms with van der Waals surface area (Å²) < 4.78 is 5.89. The van der Waals surface area contributed by atoms with E-state index in [1.54, 1.807) is 0 Å². The van der Waals surface area contributed by atoms with Crippen LogP contribution in [0.4, 0.5) is 0 Å². The van der Waals surface area contributed by atoms with Gasteiger partial charge in [0.25, 0.3) is 5.91 Å². The SMILES string of the molecule is CCCC(=O)N1CCC[C@@H]1COc1ccc(C(=O)N2CCCC2)cc1. The molecule has 1 atom stereocenters. The average Bonchev–Trinajstić information content (AvgIpc) is 3.31. The Labute approximate surface area is 149 Å². The van der Waals surface area contributed by atoms with Crippen molar-refractivity contribution in [2.24, 2.45) is 0 Å². The lowest BCUT2D eigenvalue weighted by Gasteiger charge is -2.24. The van der Waals surface area contributed by atoms with E-state index >= 15 is 0 Å². The highest BCUT2D eigenvalue weighted by molar-refractivity contribution is 5.94. The number of rotatable bonds is 6. The van der Waals surface area contributed by atoms with Gasteiger partial charge in [-0.1, -0.05) is 6.92 Å². The van der Waals surface area contributed by atoms with Crippen LogP contribution in [0.5, 0.6) is 5.75 Å². The predicted octanol–water partition coefficient (Wildman–Crippen LogP) is 3.09. The van der Waals surface area contributed by atoms with Gasteiger partial charge in [-0.25, -0.2) is 0 Å². The van der Waals surface area contributed by atoms with Gasteiger partial charge in [0.15, 0.2) is 0 Å². The molecule has 0 N–H and O–H groups in total. The van der Waals surface area contributed by atoms with Crippen molar-refractivity contribution in [2.75, 3.05) is 26.2 Å². The lowest BCUT2D eigenvalue weighted by Crippen LogP contribution is -2.38. The van der Waals surface area contributed by atoms with Gasteiger partial charge in [0.05, 0.1) is 6.04 Å². The maximum Gasteiger partial charge on any atom is 0.253 e. The molecule has 2 heterocycles. The van der Waals surface area contributed by atoms with Gasteiger partial charge >= 0.3 is 0 Å². The van der Waals surface area contributed by atoms with E-state index in [1.165, 1.54) is 0 Å². The summed E-state index contributed by atoms with van der Waals surface area (Å²) in [6.45, 7) is 5.12. The summed E-state index contributed by atoms with van der Waals surface area (Å²) in [6, 6.07) is 7.56. The Hall–Kier alpha value is -2.04. The number of ether oxygens (including phenoxy) is 1. The fraction of sp³-hybridized carbons (Fsp3) is 0.600. The Bertz CT molecular complexity index is 593. The molecule has 0 aliphatic carbocycles. The third kappa shape index (κ3) is 4.33. The third-order valence-corrected chi connectivity index (χ3v) is 5.10. The molecule has 0 radical (unpaired) electrons. The van der Waals surface area contributed by atoms with E-state index in [2.05, 4.69) is 0 Å². The Morgan fingerprint density at radius 1 is 1.08 bits per heavy atom. The fourth-order valence-corrected chi connectivity index (χ4v) is 3.68. The second kappa shape index (κ2) is 8.37. The normalized spacial score (nSPS) is 20.1. The summed E-state index contributed by atoms with van der Waals surface area (Å²) >= 11 is 0. The van der Waals surface area contributed by atoms with E-state index < -0.39 is 0 Å². The molecule has 2 fully saturated rings. The van der Waals surface area contributed by atoms with Crippen LogP contribution in [0.3, 0.4) is 0 Å². The topological polar surface area (TPSA) is 49.9 Å². The van der Waals surface area contributed by atoms with Crippen LogP contribution in [-0.2, 0) is 4.79 Å². The lowest BCUT2D eigenvalue weighted by atomic mass is 10.2. The molecule has 0 aromatic heterocycles. The highest BCUT2D eigenvalue weighted by Crippen LogP contribution is 2.21. The summed E-state index contributed by atoms with van der Waals surface area (Å²) in [5.74, 6) is 1.10. The van der Waals surface area contributed by atoms with Crippen molar-refractivity contribution in [3.05, 3.63) is 29.8 Å². The number of carbonyl (C=O) groups excluding carboxylic acids is 2. The lowest BCUT2D eigenvalue weighted by molar-refractivity contribution is -0.132. The molecule has 0 saturated carbocycles. The van der Waals surface area contributed by atoms with Crippen molar-refractivity contribution in [3.8, 4) is 5.75 Å². The Kier molecular flexibility index (Phi) is 5.95. The molecule has 2 aliphatic heterocycles. The van der Waals surface area contributed by atoms with E-state index in [0.29, 0.717) is 13.0 Å². The number of nitrogens with zero attached hydrogens (tertiary/aromatic N) is 2. The summed E-state index contributed by atoms with van der Waals surface area (Å²) in [5, 5.41) is 0. The molecule has 2 saturated heterocycles. The minimum absolute atomic E-state index is 0.108. The van der Waals surface area contributed by atoms with Crippen molar-refractivity contribution in [3.63, 3.8) is 0 Å². The van der Waals surface area contributed by atoms with Crippen LogP contribution in [0.2, 0.25) is 0 Å². The van der Waals surface area contributed by atoms with Gasteiger partial charge in [-0.05, 0) is 56.4 Å². The quantitative estimate of drug-likeness (QED) is 0.797. The molecule has 1 aromatic rings. The Balaban J connectivity index is 1.53. The average molecular weight is 344 g/mol. The molecule has 3 rings (SSSR count). The van der Waals surface area contributed by atoms with Crippen molar-refractivity contribution in [1.29, 1.82) is 0 Å². The summed E-state index contributed by atoms with van der Waals surface area (Å²) in [6.07, 6.45) is 5.75. The zero-order valence-electron chi connectivity index (χ0n) is 15.1. The summed E-state index contributed by atoms with van der Waals surface area (Å²) in [7, 11) is 0. The van der Waals surface area contributed by atoms with Gasteiger partial charge < -0.3 is 14.5 Å². The Morgan fingerprint density at radius 2 is 1.80 bits per heavy atom. The largest absolute Gasteiger partial charge is 0.491 e. The fourth-order valence-electron chi connectivity index (χ4n) is 3.68. The van der Waals surface area contributed by atoms with Gasteiger partial charge in [-0.15, -0.1) is 0 Å². The first-order valence-electron chi connectivity index (χ1n) is 9.50. The molecule has 5 nitrogen and oxygen atoms in total. The van der Waals surface area contributed by atoms with Crippen LogP contribution < -0.4 is 4.74 Å². The molecule has 25 heavy (non-hydrogen) atoms. The molecule has 0 unspecified atom stereocenters. The highest BCUT2D eigenvalue weighted by atomic mass is 16.5. The smallest absolute Gasteiger partial charge is 0.253 e. The number of hydrogen-bond donors (Lipinski definition) is 0. The zero-order chi connectivity index (χ0) is 17.6. The van der Waals surface area contributed by atoms with Crippen LogP contribution >= 0.6 is 0 Å². The van der Waals surface area contributed by atoms with Crippen LogP contribution in [0.15, 0.2) is 24.3 Å². The van der Waals surface area contributed by atoms with E-state index in [-0.39, 0.29) is 17.9 Å². The van der Waals surface area contributed by atoms with Gasteiger partial charge in [-0.2, -0.15) is 0 Å². The molecule has 1 aromatic carbocycles. The molecule has 136 valence electrons. The van der Waals surface area contributed by atoms with Crippen LogP contribution in [0.1, 0.15) is 55.8 Å². The molecular formula is C20H28N2O3. The second-order valence-electron chi connectivity index (χ2n) is 6.97. The van der Waals surface area contributed by atoms with Crippen molar-refractivity contribution < 1.29 is 14.3 Å². The molecule has 0 spiro atoms. The minimum atomic E-state index is 0.108. The van der Waals surface area contributed by atoms with Crippen LogP contribution in [0, 0.1) is 0 Å². The van der Waals surface area contributed by atoms with Crippen molar-refractivity contribution in [2.45, 2.75) is 51.5 Å². The number of hydrogen-bond acceptors (Lipinski definition) is 3. The number of carbonyl (C=O) groups is 2. The van der Waals surface area contributed by atoms with E-state index in [0.717, 1.165) is 63.1 Å². The second-order valence-corrected chi connectivity index (χ2v) is 6.97. The number of benzene rings is 1. The van der Waals surface area contributed by atoms with Crippen LogP contribution in [0.25, 0.3) is 0 Å². The molecular weight excluding hydrogens is 316 g/mol. The number of likely N-dealkylation sites (tertiary alicyclic amines) is 2. The van der Waals surface area contributed by atoms with Gasteiger partial charge in [0, 0.05) is 31.6 Å². The summed E-state index contributed by atoms with van der Waals surface area (Å²) in [5.41, 5.74) is 0.717. The Morgan fingerprint density at radius 3 is 2.48 bits per heavy atom. The molecule has 2 amide bonds.